The van der Waals surface area contributed by atoms with Crippen molar-refractivity contribution in [3.63, 3.8) is 0 Å². The molecule has 0 aliphatic carbocycles. The van der Waals surface area contributed by atoms with Crippen LogP contribution in [0.1, 0.15) is 33.1 Å². The summed E-state index contributed by atoms with van der Waals surface area (Å²) in [5.74, 6) is 0.452. The van der Waals surface area contributed by atoms with E-state index in [1.165, 1.54) is 0 Å². The first-order chi connectivity index (χ1) is 8.94. The van der Waals surface area contributed by atoms with Crippen LogP contribution in [0.25, 0.3) is 0 Å². The Hall–Kier alpha value is -1.30. The molecule has 6 heteroatoms. The lowest BCUT2D eigenvalue weighted by molar-refractivity contribution is -0.141. The highest BCUT2D eigenvalue weighted by molar-refractivity contribution is 6.06. The van der Waals surface area contributed by atoms with Gasteiger partial charge in [0.25, 0.3) is 0 Å². The molecule has 6 nitrogen and oxygen atoms in total. The molecule has 1 rings (SSSR count). The molecule has 0 aromatic carbocycles. The first-order valence-electron chi connectivity index (χ1n) is 6.75. The quantitative estimate of drug-likeness (QED) is 0.338. The van der Waals surface area contributed by atoms with Crippen LogP contribution in [0.3, 0.4) is 0 Å². The Morgan fingerprint density at radius 1 is 1.47 bits per heavy atom. The van der Waals surface area contributed by atoms with Crippen molar-refractivity contribution in [2.75, 3.05) is 26.8 Å². The summed E-state index contributed by atoms with van der Waals surface area (Å²) in [6, 6.07) is 0. The zero-order valence-electron chi connectivity index (χ0n) is 12.1. The molecule has 0 atom stereocenters. The molecule has 0 unspecified atom stereocenters. The standard InChI is InChI=1S/C13H25N3O3/c1-10(2)4-7-16(3)12(17)13(11(14)15-18)5-8-19-9-6-13/h10,18H,4-9H2,1-3H3,(H2,14,15). The maximum absolute atomic E-state index is 12.6. The fraction of sp³-hybridized carbons (Fsp3) is 0.846. The van der Waals surface area contributed by atoms with Crippen LogP contribution >= 0.6 is 0 Å². The average molecular weight is 271 g/mol. The summed E-state index contributed by atoms with van der Waals surface area (Å²) in [6.45, 7) is 5.83. The van der Waals surface area contributed by atoms with Crippen LogP contribution in [-0.4, -0.2) is 48.7 Å². The van der Waals surface area contributed by atoms with Crippen LogP contribution in [0.4, 0.5) is 0 Å². The Labute approximate surface area is 114 Å². The van der Waals surface area contributed by atoms with Gasteiger partial charge in [0.2, 0.25) is 5.91 Å². The normalized spacial score (nSPS) is 19.5. The van der Waals surface area contributed by atoms with Gasteiger partial charge >= 0.3 is 0 Å². The number of amidine groups is 1. The number of amides is 1. The van der Waals surface area contributed by atoms with E-state index in [1.807, 2.05) is 0 Å². The topological polar surface area (TPSA) is 88.2 Å². The van der Waals surface area contributed by atoms with Gasteiger partial charge < -0.3 is 20.6 Å². The molecule has 3 N–H and O–H groups in total. The maximum Gasteiger partial charge on any atom is 0.236 e. The molecular weight excluding hydrogens is 246 g/mol. The van der Waals surface area contributed by atoms with Gasteiger partial charge in [-0.25, -0.2) is 0 Å². The number of carbonyl (C=O) groups is 1. The zero-order valence-corrected chi connectivity index (χ0v) is 12.1. The van der Waals surface area contributed by atoms with Crippen molar-refractivity contribution in [3.8, 4) is 0 Å². The predicted molar refractivity (Wildman–Crippen MR) is 73.0 cm³/mol. The van der Waals surface area contributed by atoms with E-state index in [1.54, 1.807) is 11.9 Å². The molecule has 1 amide bonds. The number of hydrogen-bond acceptors (Lipinski definition) is 4. The second-order valence-corrected chi connectivity index (χ2v) is 5.59. The van der Waals surface area contributed by atoms with Crippen LogP contribution in [0.2, 0.25) is 0 Å². The first-order valence-corrected chi connectivity index (χ1v) is 6.75. The molecule has 1 aliphatic heterocycles. The van der Waals surface area contributed by atoms with Crippen molar-refractivity contribution >= 4 is 11.7 Å². The van der Waals surface area contributed by atoms with Gasteiger partial charge in [-0.05, 0) is 25.2 Å². The van der Waals surface area contributed by atoms with Crippen LogP contribution in [0, 0.1) is 11.3 Å². The molecular formula is C13H25N3O3. The van der Waals surface area contributed by atoms with Crippen molar-refractivity contribution in [2.45, 2.75) is 33.1 Å². The highest BCUT2D eigenvalue weighted by Crippen LogP contribution is 2.33. The molecule has 1 fully saturated rings. The van der Waals surface area contributed by atoms with E-state index in [4.69, 9.17) is 15.7 Å². The fourth-order valence-corrected chi connectivity index (χ4v) is 2.31. The van der Waals surface area contributed by atoms with Gasteiger partial charge in [0.1, 0.15) is 5.41 Å². The molecule has 1 heterocycles. The molecule has 0 aromatic heterocycles. The summed E-state index contributed by atoms with van der Waals surface area (Å²) in [5.41, 5.74) is 4.87. The van der Waals surface area contributed by atoms with E-state index in [0.29, 0.717) is 38.5 Å². The van der Waals surface area contributed by atoms with Gasteiger partial charge in [-0.15, -0.1) is 0 Å². The number of oxime groups is 1. The maximum atomic E-state index is 12.6. The Balaban J connectivity index is 2.83. The number of carbonyl (C=O) groups excluding carboxylic acids is 1. The van der Waals surface area contributed by atoms with Crippen molar-refractivity contribution in [2.24, 2.45) is 22.2 Å². The fourth-order valence-electron chi connectivity index (χ4n) is 2.31. The number of ether oxygens (including phenoxy) is 1. The molecule has 1 aliphatic rings. The number of nitrogens with two attached hydrogens (primary N) is 1. The van der Waals surface area contributed by atoms with E-state index < -0.39 is 5.41 Å². The molecule has 0 spiro atoms. The number of rotatable bonds is 5. The van der Waals surface area contributed by atoms with Crippen LogP contribution in [-0.2, 0) is 9.53 Å². The number of nitrogens with zero attached hydrogens (tertiary/aromatic N) is 2. The summed E-state index contributed by atoms with van der Waals surface area (Å²) in [4.78, 5) is 14.3. The van der Waals surface area contributed by atoms with E-state index in [-0.39, 0.29) is 11.7 Å². The van der Waals surface area contributed by atoms with Gasteiger partial charge in [-0.3, -0.25) is 4.79 Å². The molecule has 0 saturated carbocycles. The lowest BCUT2D eigenvalue weighted by Crippen LogP contribution is -2.53. The largest absolute Gasteiger partial charge is 0.409 e. The monoisotopic (exact) mass is 271 g/mol. The van der Waals surface area contributed by atoms with Gasteiger partial charge in [0, 0.05) is 26.8 Å². The third kappa shape index (κ3) is 3.59. The summed E-state index contributed by atoms with van der Waals surface area (Å²) in [7, 11) is 1.77. The zero-order chi connectivity index (χ0) is 14.5. The minimum absolute atomic E-state index is 0.00260. The van der Waals surface area contributed by atoms with Crippen molar-refractivity contribution < 1.29 is 14.7 Å². The molecule has 0 bridgehead atoms. The minimum Gasteiger partial charge on any atom is -0.409 e. The third-order valence-corrected chi connectivity index (χ3v) is 3.74. The van der Waals surface area contributed by atoms with Crippen LogP contribution in [0.15, 0.2) is 5.16 Å². The van der Waals surface area contributed by atoms with Gasteiger partial charge in [0.05, 0.1) is 0 Å². The lowest BCUT2D eigenvalue weighted by atomic mass is 9.77. The van der Waals surface area contributed by atoms with Crippen LogP contribution in [0.5, 0.6) is 0 Å². The molecule has 110 valence electrons. The number of hydrogen-bond donors (Lipinski definition) is 2. The van der Waals surface area contributed by atoms with E-state index in [0.717, 1.165) is 6.42 Å². The Morgan fingerprint density at radius 2 is 2.05 bits per heavy atom. The smallest absolute Gasteiger partial charge is 0.236 e. The Morgan fingerprint density at radius 3 is 2.53 bits per heavy atom. The van der Waals surface area contributed by atoms with Crippen molar-refractivity contribution in [3.05, 3.63) is 0 Å². The predicted octanol–water partition coefficient (Wildman–Crippen LogP) is 1.03. The summed E-state index contributed by atoms with van der Waals surface area (Å²) < 4.78 is 5.28. The van der Waals surface area contributed by atoms with E-state index in [9.17, 15) is 4.79 Å². The summed E-state index contributed by atoms with van der Waals surface area (Å²) in [6.07, 6.45) is 1.87. The van der Waals surface area contributed by atoms with Gasteiger partial charge in [0.15, 0.2) is 5.84 Å². The van der Waals surface area contributed by atoms with E-state index in [2.05, 4.69) is 19.0 Å². The lowest BCUT2D eigenvalue weighted by Gasteiger charge is -2.37. The SMILES string of the molecule is CC(C)CCN(C)C(=O)C1(C(N)=NO)CCOCC1. The average Bonchev–Trinajstić information content (AvgIpc) is 2.43. The summed E-state index contributed by atoms with van der Waals surface area (Å²) in [5, 5.41) is 12.0. The second-order valence-electron chi connectivity index (χ2n) is 5.59. The van der Waals surface area contributed by atoms with Crippen molar-refractivity contribution in [1.29, 1.82) is 0 Å². The van der Waals surface area contributed by atoms with Crippen molar-refractivity contribution in [1.82, 2.24) is 4.90 Å². The first kappa shape index (κ1) is 15.8. The highest BCUT2D eigenvalue weighted by Gasteiger charge is 2.45. The van der Waals surface area contributed by atoms with Gasteiger partial charge in [-0.2, -0.15) is 0 Å². The second kappa shape index (κ2) is 6.75. The highest BCUT2D eigenvalue weighted by atomic mass is 16.5. The molecule has 1 saturated heterocycles. The Kier molecular flexibility index (Phi) is 5.60. The van der Waals surface area contributed by atoms with E-state index >= 15 is 0 Å². The molecule has 19 heavy (non-hydrogen) atoms. The molecule has 0 radical (unpaired) electrons. The van der Waals surface area contributed by atoms with Crippen LogP contribution < -0.4 is 5.73 Å². The summed E-state index contributed by atoms with van der Waals surface area (Å²) >= 11 is 0. The minimum atomic E-state index is -0.904. The third-order valence-electron chi connectivity index (χ3n) is 3.74. The Bertz CT molecular complexity index is 336. The molecule has 0 aromatic rings. The van der Waals surface area contributed by atoms with Gasteiger partial charge in [-0.1, -0.05) is 19.0 Å².